The number of aryl methyl sites for hydroxylation is 2. The fraction of sp³-hybridized carbons (Fsp3) is 0.500. The summed E-state index contributed by atoms with van der Waals surface area (Å²) >= 11 is 0. The third-order valence-electron chi connectivity index (χ3n) is 3.13. The van der Waals surface area contributed by atoms with Crippen LogP contribution in [-0.4, -0.2) is 12.3 Å². The second-order valence-electron chi connectivity index (χ2n) is 4.57. The lowest BCUT2D eigenvalue weighted by atomic mass is 10.1. The normalized spacial score (nSPS) is 22.5. The smallest absolute Gasteiger partial charge is 0.119 e. The molecule has 0 bridgehead atoms. The van der Waals surface area contributed by atoms with Gasteiger partial charge in [0.05, 0.1) is 12.3 Å². The molecule has 4 N–H and O–H groups in total. The molecule has 0 amide bonds. The molecule has 15 heavy (non-hydrogen) atoms. The van der Waals surface area contributed by atoms with E-state index in [1.165, 1.54) is 11.1 Å². The monoisotopic (exact) mass is 206 g/mol. The van der Waals surface area contributed by atoms with Crippen molar-refractivity contribution in [2.45, 2.75) is 25.9 Å². The molecule has 1 saturated carbocycles. The first-order valence-electron chi connectivity index (χ1n) is 5.27. The van der Waals surface area contributed by atoms with Crippen LogP contribution in [0.5, 0.6) is 5.75 Å². The van der Waals surface area contributed by atoms with Crippen molar-refractivity contribution in [2.24, 2.45) is 17.4 Å². The van der Waals surface area contributed by atoms with E-state index in [9.17, 15) is 0 Å². The van der Waals surface area contributed by atoms with Crippen LogP contribution in [0, 0.1) is 19.8 Å². The Morgan fingerprint density at radius 2 is 2.00 bits per heavy atom. The minimum Gasteiger partial charge on any atom is -0.493 e. The topological polar surface area (TPSA) is 61.3 Å². The van der Waals surface area contributed by atoms with Crippen LogP contribution in [0.2, 0.25) is 0 Å². The van der Waals surface area contributed by atoms with E-state index in [0.717, 1.165) is 12.2 Å². The summed E-state index contributed by atoms with van der Waals surface area (Å²) in [5, 5.41) is 0. The highest BCUT2D eigenvalue weighted by Crippen LogP contribution is 2.36. The van der Waals surface area contributed by atoms with E-state index in [-0.39, 0.29) is 0 Å². The lowest BCUT2D eigenvalue weighted by Crippen LogP contribution is -2.36. The van der Waals surface area contributed by atoms with Gasteiger partial charge in [-0.25, -0.2) is 0 Å². The lowest BCUT2D eigenvalue weighted by Gasteiger charge is -2.09. The predicted molar refractivity (Wildman–Crippen MR) is 60.6 cm³/mol. The summed E-state index contributed by atoms with van der Waals surface area (Å²) in [4.78, 5) is 0. The van der Waals surface area contributed by atoms with Gasteiger partial charge in [0.25, 0.3) is 0 Å². The minimum atomic E-state index is -0.486. The highest BCUT2D eigenvalue weighted by atomic mass is 16.5. The van der Waals surface area contributed by atoms with Crippen LogP contribution in [-0.2, 0) is 0 Å². The van der Waals surface area contributed by atoms with Gasteiger partial charge in [0, 0.05) is 5.92 Å². The van der Waals surface area contributed by atoms with E-state index in [2.05, 4.69) is 19.9 Å². The molecule has 3 nitrogen and oxygen atoms in total. The van der Waals surface area contributed by atoms with Crippen LogP contribution in [0.1, 0.15) is 17.5 Å². The fourth-order valence-corrected chi connectivity index (χ4v) is 1.58. The zero-order valence-corrected chi connectivity index (χ0v) is 9.29. The second kappa shape index (κ2) is 3.51. The van der Waals surface area contributed by atoms with Gasteiger partial charge in [-0.15, -0.1) is 0 Å². The van der Waals surface area contributed by atoms with Gasteiger partial charge in [-0.2, -0.15) is 0 Å². The Balaban J connectivity index is 1.92. The summed E-state index contributed by atoms with van der Waals surface area (Å²) in [5.41, 5.74) is 13.5. The quantitative estimate of drug-likeness (QED) is 0.733. The molecule has 1 aliphatic rings. The molecule has 1 aromatic rings. The molecular weight excluding hydrogens is 188 g/mol. The average Bonchev–Trinajstić information content (AvgIpc) is 2.77. The Bertz CT molecular complexity index is 374. The Kier molecular flexibility index (Phi) is 2.44. The molecule has 1 atom stereocenters. The maximum absolute atomic E-state index is 5.73. The van der Waals surface area contributed by atoms with Gasteiger partial charge in [-0.05, 0) is 43.5 Å². The lowest BCUT2D eigenvalue weighted by molar-refractivity contribution is 0.287. The minimum absolute atomic E-state index is 0.305. The summed E-state index contributed by atoms with van der Waals surface area (Å²) in [7, 11) is 0. The maximum Gasteiger partial charge on any atom is 0.119 e. The molecule has 0 spiro atoms. The van der Waals surface area contributed by atoms with E-state index in [1.54, 1.807) is 0 Å². The number of hydrogen-bond donors (Lipinski definition) is 2. The van der Waals surface area contributed by atoms with Gasteiger partial charge in [0.1, 0.15) is 5.75 Å². The van der Waals surface area contributed by atoms with Gasteiger partial charge < -0.3 is 16.2 Å². The molecule has 0 saturated heterocycles. The standard InChI is InChI=1S/C12H18N2O/c1-8-3-4-11(5-9(8)2)15-7-10-6-12(10,13)14/h3-5,10H,6-7,13-14H2,1-2H3. The molecule has 1 fully saturated rings. The average molecular weight is 206 g/mol. The van der Waals surface area contributed by atoms with E-state index >= 15 is 0 Å². The highest BCUT2D eigenvalue weighted by Gasteiger charge is 2.48. The van der Waals surface area contributed by atoms with Crippen LogP contribution in [0.3, 0.4) is 0 Å². The van der Waals surface area contributed by atoms with Crippen molar-refractivity contribution < 1.29 is 4.74 Å². The van der Waals surface area contributed by atoms with Crippen LogP contribution in [0.25, 0.3) is 0 Å². The van der Waals surface area contributed by atoms with E-state index in [0.29, 0.717) is 12.5 Å². The third kappa shape index (κ3) is 2.30. The van der Waals surface area contributed by atoms with Crippen molar-refractivity contribution in [1.29, 1.82) is 0 Å². The fourth-order valence-electron chi connectivity index (χ4n) is 1.58. The highest BCUT2D eigenvalue weighted by molar-refractivity contribution is 5.33. The molecular formula is C12H18N2O. The van der Waals surface area contributed by atoms with Gasteiger partial charge >= 0.3 is 0 Å². The molecule has 0 heterocycles. The van der Waals surface area contributed by atoms with Crippen LogP contribution in [0.15, 0.2) is 18.2 Å². The summed E-state index contributed by atoms with van der Waals surface area (Å²) in [6.07, 6.45) is 0.859. The molecule has 1 aromatic carbocycles. The Hall–Kier alpha value is -1.06. The summed E-state index contributed by atoms with van der Waals surface area (Å²) in [5.74, 6) is 1.21. The van der Waals surface area contributed by atoms with Gasteiger partial charge in [-0.3, -0.25) is 0 Å². The Labute approximate surface area is 90.4 Å². The molecule has 0 radical (unpaired) electrons. The molecule has 0 aromatic heterocycles. The van der Waals surface area contributed by atoms with Gasteiger partial charge in [0.2, 0.25) is 0 Å². The first-order chi connectivity index (χ1) is 6.99. The Morgan fingerprint density at radius 1 is 1.33 bits per heavy atom. The molecule has 82 valence electrons. The van der Waals surface area contributed by atoms with Crippen molar-refractivity contribution in [3.8, 4) is 5.75 Å². The number of rotatable bonds is 3. The van der Waals surface area contributed by atoms with Crippen LogP contribution >= 0.6 is 0 Å². The largest absolute Gasteiger partial charge is 0.493 e. The number of ether oxygens (including phenoxy) is 1. The zero-order chi connectivity index (χ0) is 11.1. The van der Waals surface area contributed by atoms with Crippen LogP contribution < -0.4 is 16.2 Å². The molecule has 1 unspecified atom stereocenters. The van der Waals surface area contributed by atoms with E-state index in [4.69, 9.17) is 16.2 Å². The van der Waals surface area contributed by atoms with Crippen LogP contribution in [0.4, 0.5) is 0 Å². The predicted octanol–water partition coefficient (Wildman–Crippen LogP) is 1.32. The van der Waals surface area contributed by atoms with Crippen molar-refractivity contribution >= 4 is 0 Å². The first kappa shape index (κ1) is 10.5. The summed E-state index contributed by atoms with van der Waals surface area (Å²) in [6, 6.07) is 6.10. The second-order valence-corrected chi connectivity index (χ2v) is 4.57. The molecule has 3 heteroatoms. The molecule has 2 rings (SSSR count). The maximum atomic E-state index is 5.73. The number of nitrogens with two attached hydrogens (primary N) is 2. The summed E-state index contributed by atoms with van der Waals surface area (Å²) < 4.78 is 5.64. The molecule has 0 aliphatic heterocycles. The zero-order valence-electron chi connectivity index (χ0n) is 9.29. The van der Waals surface area contributed by atoms with E-state index < -0.39 is 5.66 Å². The SMILES string of the molecule is Cc1ccc(OCC2CC2(N)N)cc1C. The van der Waals surface area contributed by atoms with Crippen molar-refractivity contribution in [3.05, 3.63) is 29.3 Å². The first-order valence-corrected chi connectivity index (χ1v) is 5.27. The number of benzene rings is 1. The van der Waals surface area contributed by atoms with Crippen molar-refractivity contribution in [2.75, 3.05) is 6.61 Å². The third-order valence-corrected chi connectivity index (χ3v) is 3.13. The van der Waals surface area contributed by atoms with E-state index in [1.807, 2.05) is 12.1 Å². The summed E-state index contributed by atoms with van der Waals surface area (Å²) in [6.45, 7) is 4.79. The Morgan fingerprint density at radius 3 is 2.53 bits per heavy atom. The van der Waals surface area contributed by atoms with Crippen molar-refractivity contribution in [1.82, 2.24) is 0 Å². The molecule has 1 aliphatic carbocycles. The van der Waals surface area contributed by atoms with Crippen molar-refractivity contribution in [3.63, 3.8) is 0 Å². The number of hydrogen-bond acceptors (Lipinski definition) is 3. The van der Waals surface area contributed by atoms with Gasteiger partial charge in [-0.1, -0.05) is 6.07 Å². The van der Waals surface area contributed by atoms with Gasteiger partial charge in [0.15, 0.2) is 0 Å².